The molecule has 0 atom stereocenters. The number of nitriles is 1. The summed E-state index contributed by atoms with van der Waals surface area (Å²) in [6.45, 7) is 7.30. The third-order valence-corrected chi connectivity index (χ3v) is 2.17. The minimum atomic E-state index is -0.914. The van der Waals surface area contributed by atoms with Crippen molar-refractivity contribution in [3.8, 4) is 6.07 Å². The van der Waals surface area contributed by atoms with Gasteiger partial charge in [0.1, 0.15) is 5.41 Å². The molecular weight excluding hydrogens is 164 g/mol. The molecule has 1 amide bonds. The van der Waals surface area contributed by atoms with Gasteiger partial charge in [-0.1, -0.05) is 13.8 Å². The van der Waals surface area contributed by atoms with Crippen LogP contribution in [0.4, 0.5) is 0 Å². The van der Waals surface area contributed by atoms with Crippen molar-refractivity contribution in [2.24, 2.45) is 5.41 Å². The Hall–Kier alpha value is -1.04. The second-order valence-electron chi connectivity index (χ2n) is 3.72. The molecule has 13 heavy (non-hydrogen) atoms. The van der Waals surface area contributed by atoms with E-state index in [9.17, 15) is 4.79 Å². The average molecular weight is 182 g/mol. The van der Waals surface area contributed by atoms with Gasteiger partial charge >= 0.3 is 0 Å². The molecule has 0 aliphatic carbocycles. The maximum absolute atomic E-state index is 11.5. The third-order valence-electron chi connectivity index (χ3n) is 2.17. The summed E-state index contributed by atoms with van der Waals surface area (Å²) in [6.07, 6.45) is 1.81. The van der Waals surface area contributed by atoms with Gasteiger partial charge in [0.25, 0.3) is 0 Å². The SMILES string of the molecule is CCC(CC)NC(=O)C(C)(C)C#N. The predicted octanol–water partition coefficient (Wildman–Crippen LogP) is 1.84. The van der Waals surface area contributed by atoms with Crippen LogP contribution in [0.5, 0.6) is 0 Å². The first kappa shape index (κ1) is 12.0. The standard InChI is InChI=1S/C10H18N2O/c1-5-8(6-2)12-9(13)10(3,4)7-11/h8H,5-6H2,1-4H3,(H,12,13). The quantitative estimate of drug-likeness (QED) is 0.721. The molecule has 0 fully saturated rings. The van der Waals surface area contributed by atoms with E-state index < -0.39 is 5.41 Å². The van der Waals surface area contributed by atoms with Gasteiger partial charge in [0.2, 0.25) is 5.91 Å². The van der Waals surface area contributed by atoms with Crippen LogP contribution in [-0.4, -0.2) is 11.9 Å². The molecular formula is C10H18N2O. The first-order chi connectivity index (χ1) is 5.97. The van der Waals surface area contributed by atoms with E-state index in [4.69, 9.17) is 5.26 Å². The minimum absolute atomic E-state index is 0.177. The molecule has 0 heterocycles. The third kappa shape index (κ3) is 3.45. The highest BCUT2D eigenvalue weighted by atomic mass is 16.2. The fourth-order valence-electron chi connectivity index (χ4n) is 0.909. The van der Waals surface area contributed by atoms with Crippen LogP contribution in [0, 0.1) is 16.7 Å². The summed E-state index contributed by atoms with van der Waals surface area (Å²) >= 11 is 0. The summed E-state index contributed by atoms with van der Waals surface area (Å²) in [5, 5.41) is 11.6. The van der Waals surface area contributed by atoms with Gasteiger partial charge in [-0.25, -0.2) is 0 Å². The Balaban J connectivity index is 4.23. The lowest BCUT2D eigenvalue weighted by Gasteiger charge is -2.20. The van der Waals surface area contributed by atoms with Gasteiger partial charge in [-0.2, -0.15) is 5.26 Å². The van der Waals surface area contributed by atoms with Crippen molar-refractivity contribution in [2.45, 2.75) is 46.6 Å². The van der Waals surface area contributed by atoms with Gasteiger partial charge in [-0.3, -0.25) is 4.79 Å². The molecule has 0 aliphatic heterocycles. The molecule has 0 aromatic heterocycles. The van der Waals surface area contributed by atoms with Crippen LogP contribution in [0.1, 0.15) is 40.5 Å². The van der Waals surface area contributed by atoms with Crippen LogP contribution in [0.25, 0.3) is 0 Å². The highest BCUT2D eigenvalue weighted by molar-refractivity contribution is 5.84. The van der Waals surface area contributed by atoms with Gasteiger partial charge in [0.15, 0.2) is 0 Å². The first-order valence-electron chi connectivity index (χ1n) is 4.70. The van der Waals surface area contributed by atoms with Gasteiger partial charge in [0.05, 0.1) is 6.07 Å². The average Bonchev–Trinajstić information content (AvgIpc) is 2.13. The lowest BCUT2D eigenvalue weighted by molar-refractivity contribution is -0.127. The molecule has 0 bridgehead atoms. The van der Waals surface area contributed by atoms with E-state index in [1.165, 1.54) is 0 Å². The van der Waals surface area contributed by atoms with Crippen molar-refractivity contribution in [3.05, 3.63) is 0 Å². The molecule has 3 nitrogen and oxygen atoms in total. The van der Waals surface area contributed by atoms with Crippen LogP contribution in [0.2, 0.25) is 0 Å². The predicted molar refractivity (Wildman–Crippen MR) is 51.9 cm³/mol. The van der Waals surface area contributed by atoms with Crippen molar-refractivity contribution in [3.63, 3.8) is 0 Å². The molecule has 74 valence electrons. The Bertz CT molecular complexity index is 211. The summed E-state index contributed by atoms with van der Waals surface area (Å²) < 4.78 is 0. The zero-order valence-electron chi connectivity index (χ0n) is 8.85. The number of amides is 1. The number of hydrogen-bond acceptors (Lipinski definition) is 2. The monoisotopic (exact) mass is 182 g/mol. The molecule has 0 spiro atoms. The molecule has 0 radical (unpaired) electrons. The number of nitrogens with zero attached hydrogens (tertiary/aromatic N) is 1. The topological polar surface area (TPSA) is 52.9 Å². The Morgan fingerprint density at radius 3 is 2.23 bits per heavy atom. The van der Waals surface area contributed by atoms with Gasteiger partial charge < -0.3 is 5.32 Å². The van der Waals surface area contributed by atoms with E-state index in [1.54, 1.807) is 13.8 Å². The number of carbonyl (C=O) groups is 1. The number of rotatable bonds is 4. The van der Waals surface area contributed by atoms with Crippen molar-refractivity contribution in [2.75, 3.05) is 0 Å². The first-order valence-corrected chi connectivity index (χ1v) is 4.70. The second-order valence-corrected chi connectivity index (χ2v) is 3.72. The van der Waals surface area contributed by atoms with E-state index in [0.717, 1.165) is 12.8 Å². The van der Waals surface area contributed by atoms with Crippen LogP contribution < -0.4 is 5.32 Å². The number of carbonyl (C=O) groups excluding carboxylic acids is 1. The maximum Gasteiger partial charge on any atom is 0.240 e. The molecule has 3 heteroatoms. The van der Waals surface area contributed by atoms with E-state index >= 15 is 0 Å². The lowest BCUT2D eigenvalue weighted by Crippen LogP contribution is -2.41. The van der Waals surface area contributed by atoms with Crippen molar-refractivity contribution in [1.29, 1.82) is 5.26 Å². The zero-order valence-corrected chi connectivity index (χ0v) is 8.85. The molecule has 0 saturated carbocycles. The largest absolute Gasteiger partial charge is 0.352 e. The van der Waals surface area contributed by atoms with Gasteiger partial charge in [0, 0.05) is 6.04 Å². The Labute approximate surface area is 80.1 Å². The van der Waals surface area contributed by atoms with Gasteiger partial charge in [-0.05, 0) is 26.7 Å². The summed E-state index contributed by atoms with van der Waals surface area (Å²) in [4.78, 5) is 11.5. The van der Waals surface area contributed by atoms with Crippen LogP contribution in [0.15, 0.2) is 0 Å². The van der Waals surface area contributed by atoms with E-state index in [-0.39, 0.29) is 11.9 Å². The smallest absolute Gasteiger partial charge is 0.240 e. The number of hydrogen-bond donors (Lipinski definition) is 1. The second kappa shape index (κ2) is 4.86. The van der Waals surface area contributed by atoms with Crippen molar-refractivity contribution < 1.29 is 4.79 Å². The van der Waals surface area contributed by atoms with E-state index in [1.807, 2.05) is 19.9 Å². The van der Waals surface area contributed by atoms with Crippen LogP contribution in [-0.2, 0) is 4.79 Å². The molecule has 0 aliphatic rings. The fourth-order valence-corrected chi connectivity index (χ4v) is 0.909. The normalized spacial score (nSPS) is 11.1. The lowest BCUT2D eigenvalue weighted by atomic mass is 9.94. The highest BCUT2D eigenvalue weighted by Crippen LogP contribution is 2.13. The molecule has 0 unspecified atom stereocenters. The van der Waals surface area contributed by atoms with Crippen LogP contribution >= 0.6 is 0 Å². The molecule has 0 aromatic carbocycles. The Morgan fingerprint density at radius 1 is 1.46 bits per heavy atom. The fraction of sp³-hybridized carbons (Fsp3) is 0.800. The summed E-state index contributed by atoms with van der Waals surface area (Å²) in [6, 6.07) is 2.18. The highest BCUT2D eigenvalue weighted by Gasteiger charge is 2.28. The van der Waals surface area contributed by atoms with E-state index in [0.29, 0.717) is 0 Å². The zero-order chi connectivity index (χ0) is 10.5. The molecule has 0 saturated heterocycles. The Kier molecular flexibility index (Phi) is 4.47. The molecule has 0 rings (SSSR count). The summed E-state index contributed by atoms with van der Waals surface area (Å²) in [7, 11) is 0. The van der Waals surface area contributed by atoms with Crippen molar-refractivity contribution in [1.82, 2.24) is 5.32 Å². The Morgan fingerprint density at radius 2 is 1.92 bits per heavy atom. The molecule has 1 N–H and O–H groups in total. The number of nitrogens with one attached hydrogen (secondary N) is 1. The van der Waals surface area contributed by atoms with E-state index in [2.05, 4.69) is 5.32 Å². The molecule has 0 aromatic rings. The summed E-state index contributed by atoms with van der Waals surface area (Å²) in [5.41, 5.74) is -0.914. The van der Waals surface area contributed by atoms with Crippen molar-refractivity contribution >= 4 is 5.91 Å². The maximum atomic E-state index is 11.5. The summed E-state index contributed by atoms with van der Waals surface area (Å²) in [5.74, 6) is -0.177. The van der Waals surface area contributed by atoms with Crippen LogP contribution in [0.3, 0.4) is 0 Å². The minimum Gasteiger partial charge on any atom is -0.352 e. The van der Waals surface area contributed by atoms with Gasteiger partial charge in [-0.15, -0.1) is 0 Å².